The van der Waals surface area contributed by atoms with Crippen molar-refractivity contribution in [3.8, 4) is 0 Å². The summed E-state index contributed by atoms with van der Waals surface area (Å²) in [6.45, 7) is 0. The summed E-state index contributed by atoms with van der Waals surface area (Å²) in [7, 11) is 0. The molecule has 2 fully saturated rings. The minimum absolute atomic E-state index is 0.207. The van der Waals surface area contributed by atoms with Crippen molar-refractivity contribution >= 4 is 41.1 Å². The molecular formula is C10H11N3O6S. The summed E-state index contributed by atoms with van der Waals surface area (Å²) in [5, 5.41) is 13.0. The molecule has 2 aliphatic rings. The lowest BCUT2D eigenvalue weighted by Crippen LogP contribution is -2.53. The van der Waals surface area contributed by atoms with Crippen molar-refractivity contribution in [3.05, 3.63) is 0 Å². The fourth-order valence-electron chi connectivity index (χ4n) is 2.16. The van der Waals surface area contributed by atoms with Crippen LogP contribution in [0.25, 0.3) is 0 Å². The second-order valence-corrected chi connectivity index (χ2v) is 5.61. The van der Waals surface area contributed by atoms with E-state index in [1.807, 2.05) is 0 Å². The van der Waals surface area contributed by atoms with E-state index >= 15 is 0 Å². The molecular weight excluding hydrogens is 290 g/mol. The maximum absolute atomic E-state index is 11.7. The zero-order valence-corrected chi connectivity index (χ0v) is 10.8. The molecule has 5 N–H and O–H groups in total. The number of amides is 2. The first kappa shape index (κ1) is 14.5. The van der Waals surface area contributed by atoms with Crippen LogP contribution in [0.3, 0.4) is 0 Å². The molecule has 0 aliphatic carbocycles. The molecule has 9 nitrogen and oxygen atoms in total. The van der Waals surface area contributed by atoms with Crippen LogP contribution in [0.5, 0.6) is 0 Å². The average molecular weight is 301 g/mol. The summed E-state index contributed by atoms with van der Waals surface area (Å²) >= 11 is 1.28. The molecule has 0 aromatic heterocycles. The summed E-state index contributed by atoms with van der Waals surface area (Å²) < 4.78 is 0. The summed E-state index contributed by atoms with van der Waals surface area (Å²) in [5.41, 5.74) is 5.65. The minimum atomic E-state index is -2.00. The second kappa shape index (κ2) is 5.21. The molecule has 2 amide bonds. The lowest BCUT2D eigenvalue weighted by molar-refractivity contribution is -0.155. The van der Waals surface area contributed by atoms with E-state index in [-0.39, 0.29) is 6.04 Å². The number of ketones is 3. The van der Waals surface area contributed by atoms with Crippen LogP contribution >= 0.6 is 11.8 Å². The van der Waals surface area contributed by atoms with Gasteiger partial charge in [-0.2, -0.15) is 11.8 Å². The van der Waals surface area contributed by atoms with Crippen LogP contribution in [-0.2, 0) is 19.2 Å². The first-order valence-electron chi connectivity index (χ1n) is 5.63. The number of rotatable bonds is 5. The fraction of sp³-hybridized carbons (Fsp3) is 0.500. The highest BCUT2D eigenvalue weighted by Crippen LogP contribution is 2.31. The average Bonchev–Trinajstić information content (AvgIpc) is 2.93. The third-order valence-corrected chi connectivity index (χ3v) is 4.67. The van der Waals surface area contributed by atoms with Gasteiger partial charge in [0.2, 0.25) is 5.78 Å². The van der Waals surface area contributed by atoms with Gasteiger partial charge in [0.1, 0.15) is 0 Å². The Morgan fingerprint density at radius 1 is 1.25 bits per heavy atom. The molecule has 0 radical (unpaired) electrons. The zero-order valence-electron chi connectivity index (χ0n) is 9.99. The minimum Gasteiger partial charge on any atom is -0.475 e. The van der Waals surface area contributed by atoms with E-state index in [1.54, 1.807) is 0 Å². The van der Waals surface area contributed by atoms with Crippen molar-refractivity contribution in [1.82, 2.24) is 10.6 Å². The number of nitrogens with one attached hydrogen (secondary N) is 2. The molecule has 0 spiro atoms. The number of fused-ring (bicyclic) bond motifs is 1. The zero-order chi connectivity index (χ0) is 15.0. The van der Waals surface area contributed by atoms with Gasteiger partial charge in [-0.25, -0.2) is 9.59 Å². The summed E-state index contributed by atoms with van der Waals surface area (Å²) in [6.07, 6.45) is 0. The molecule has 2 heterocycles. The van der Waals surface area contributed by atoms with Gasteiger partial charge in [-0.05, 0) is 0 Å². The number of carbonyl (C=O) groups excluding carboxylic acids is 4. The number of Topliss-reactive ketones (excluding diaryl/α,β-unsaturated/α-hetero) is 3. The van der Waals surface area contributed by atoms with Crippen LogP contribution in [0.15, 0.2) is 0 Å². The standard InChI is InChI=1S/C10H11N3O6S/c11-3(5(14)6(15)7(16)9(17)18)8-4-2(1-20-8)12-10(19)13-4/h2-4,8H,1,11H2,(H,17,18)(H2,12,13,19)/t2-,3?,4-,8-/m0/s1. The number of urea groups is 1. The maximum atomic E-state index is 11.7. The van der Waals surface area contributed by atoms with Crippen molar-refractivity contribution < 1.29 is 29.1 Å². The number of thioether (sulfide) groups is 1. The van der Waals surface area contributed by atoms with Crippen LogP contribution in [0.1, 0.15) is 0 Å². The highest BCUT2D eigenvalue weighted by Gasteiger charge is 2.48. The van der Waals surface area contributed by atoms with Crippen LogP contribution < -0.4 is 16.4 Å². The van der Waals surface area contributed by atoms with E-state index in [0.29, 0.717) is 5.75 Å². The molecule has 10 heteroatoms. The Kier molecular flexibility index (Phi) is 3.77. The van der Waals surface area contributed by atoms with E-state index in [0.717, 1.165) is 0 Å². The summed E-state index contributed by atoms with van der Waals surface area (Å²) in [6, 6.07) is -2.37. The Balaban J connectivity index is 2.08. The van der Waals surface area contributed by atoms with Crippen molar-refractivity contribution in [3.63, 3.8) is 0 Å². The van der Waals surface area contributed by atoms with E-state index in [2.05, 4.69) is 10.6 Å². The third kappa shape index (κ3) is 2.39. The number of carboxylic acid groups (broad SMARTS) is 1. The molecule has 2 rings (SSSR count). The van der Waals surface area contributed by atoms with Crippen LogP contribution in [-0.4, -0.2) is 63.6 Å². The Labute approximate surface area is 116 Å². The largest absolute Gasteiger partial charge is 0.475 e. The van der Waals surface area contributed by atoms with Crippen molar-refractivity contribution in [1.29, 1.82) is 0 Å². The molecule has 4 atom stereocenters. The normalized spacial score (nSPS) is 29.1. The van der Waals surface area contributed by atoms with E-state index in [9.17, 15) is 24.0 Å². The molecule has 0 aromatic carbocycles. The first-order valence-corrected chi connectivity index (χ1v) is 6.67. The third-order valence-electron chi connectivity index (χ3n) is 3.15. The molecule has 1 unspecified atom stereocenters. The Bertz CT molecular complexity index is 521. The molecule has 108 valence electrons. The van der Waals surface area contributed by atoms with Crippen molar-refractivity contribution in [2.45, 2.75) is 23.4 Å². The van der Waals surface area contributed by atoms with Gasteiger partial charge in [-0.15, -0.1) is 0 Å². The van der Waals surface area contributed by atoms with Crippen LogP contribution in [0.2, 0.25) is 0 Å². The SMILES string of the molecule is NC(C(=O)C(=O)C(=O)C(=O)O)[C@@H]1SC[C@@H]2NC(=O)N[C@@H]21. The number of nitrogens with two attached hydrogens (primary N) is 1. The lowest BCUT2D eigenvalue weighted by Gasteiger charge is -2.21. The smallest absolute Gasteiger partial charge is 0.380 e. The first-order chi connectivity index (χ1) is 9.32. The quantitative estimate of drug-likeness (QED) is 0.242. The predicted molar refractivity (Wildman–Crippen MR) is 66.1 cm³/mol. The van der Waals surface area contributed by atoms with Gasteiger partial charge in [0, 0.05) is 11.0 Å². The summed E-state index contributed by atoms with van der Waals surface area (Å²) in [4.78, 5) is 55.6. The molecule has 2 aliphatic heterocycles. The maximum Gasteiger partial charge on any atom is 0.380 e. The number of carboxylic acids is 1. The number of hydrogen-bond acceptors (Lipinski definition) is 7. The van der Waals surface area contributed by atoms with E-state index in [1.165, 1.54) is 11.8 Å². The van der Waals surface area contributed by atoms with Gasteiger partial charge in [0.15, 0.2) is 0 Å². The predicted octanol–water partition coefficient (Wildman–Crippen LogP) is -2.73. The Hall–Kier alpha value is -1.94. The van der Waals surface area contributed by atoms with Gasteiger partial charge in [0.25, 0.3) is 5.78 Å². The highest BCUT2D eigenvalue weighted by molar-refractivity contribution is 8.00. The van der Waals surface area contributed by atoms with Gasteiger partial charge in [-0.3, -0.25) is 14.4 Å². The van der Waals surface area contributed by atoms with Crippen LogP contribution in [0, 0.1) is 0 Å². The second-order valence-electron chi connectivity index (χ2n) is 4.40. The van der Waals surface area contributed by atoms with Crippen molar-refractivity contribution in [2.75, 3.05) is 5.75 Å². The lowest BCUT2D eigenvalue weighted by atomic mass is 9.97. The van der Waals surface area contributed by atoms with Crippen molar-refractivity contribution in [2.24, 2.45) is 5.73 Å². The molecule has 0 bridgehead atoms. The Morgan fingerprint density at radius 3 is 2.50 bits per heavy atom. The monoisotopic (exact) mass is 301 g/mol. The number of carbonyl (C=O) groups is 5. The highest BCUT2D eigenvalue weighted by atomic mass is 32.2. The van der Waals surface area contributed by atoms with E-state index in [4.69, 9.17) is 10.8 Å². The van der Waals surface area contributed by atoms with E-state index < -0.39 is 46.7 Å². The number of aliphatic carboxylic acids is 1. The topological polar surface area (TPSA) is 156 Å². The fourth-order valence-corrected chi connectivity index (χ4v) is 3.68. The summed E-state index contributed by atoms with van der Waals surface area (Å²) in [5.74, 6) is -6.19. The van der Waals surface area contributed by atoms with Gasteiger partial charge in [0.05, 0.1) is 18.1 Å². The van der Waals surface area contributed by atoms with Gasteiger partial charge in [-0.1, -0.05) is 0 Å². The van der Waals surface area contributed by atoms with Crippen LogP contribution in [0.4, 0.5) is 4.79 Å². The Morgan fingerprint density at radius 2 is 1.90 bits per heavy atom. The molecule has 2 saturated heterocycles. The van der Waals surface area contributed by atoms with Gasteiger partial charge >= 0.3 is 17.8 Å². The number of hydrogen-bond donors (Lipinski definition) is 4. The molecule has 20 heavy (non-hydrogen) atoms. The van der Waals surface area contributed by atoms with Gasteiger partial charge < -0.3 is 21.5 Å². The molecule has 0 aromatic rings. The molecule has 0 saturated carbocycles.